The van der Waals surface area contributed by atoms with Crippen LogP contribution in [0.4, 0.5) is 0 Å². The molecule has 0 unspecified atom stereocenters. The Bertz CT molecular complexity index is 831. The van der Waals surface area contributed by atoms with Crippen molar-refractivity contribution < 1.29 is 23.9 Å². The second kappa shape index (κ2) is 9.78. The molecule has 0 atom stereocenters. The number of aromatic nitrogens is 1. The summed E-state index contributed by atoms with van der Waals surface area (Å²) in [5.41, 5.74) is 1.24. The Morgan fingerprint density at radius 3 is 2.67 bits per heavy atom. The molecular formula is C19H21ClN2O5. The number of nitrogens with zero attached hydrogens (tertiary/aromatic N) is 1. The lowest BCUT2D eigenvalue weighted by Crippen LogP contribution is -2.35. The topological polar surface area (TPSA) is 86.6 Å². The lowest BCUT2D eigenvalue weighted by molar-refractivity contribution is -0.148. The standard InChI is InChI=1S/C19H21ClN2O5/c1-13-11-14(20)7-8-16(13)26-10-4-6-18(24)27-12-17(23)21-19(25)15-5-3-9-22(15)2/h3,5,7-9,11H,4,6,10,12H2,1-2H3,(H,21,23,25). The quantitative estimate of drug-likeness (QED) is 0.551. The Hall–Kier alpha value is -2.80. The van der Waals surface area contributed by atoms with Gasteiger partial charge in [-0.2, -0.15) is 0 Å². The molecule has 0 fully saturated rings. The molecule has 8 heteroatoms. The molecule has 0 bridgehead atoms. The molecule has 0 radical (unpaired) electrons. The molecule has 0 saturated carbocycles. The number of imide groups is 1. The summed E-state index contributed by atoms with van der Waals surface area (Å²) in [6.45, 7) is 1.70. The van der Waals surface area contributed by atoms with E-state index in [1.807, 2.05) is 6.92 Å². The molecular weight excluding hydrogens is 372 g/mol. The number of halogens is 1. The normalized spacial score (nSPS) is 10.3. The minimum atomic E-state index is -0.678. The third kappa shape index (κ3) is 6.45. The van der Waals surface area contributed by atoms with Gasteiger partial charge in [-0.3, -0.25) is 19.7 Å². The van der Waals surface area contributed by atoms with E-state index in [-0.39, 0.29) is 6.42 Å². The molecule has 1 heterocycles. The van der Waals surface area contributed by atoms with E-state index in [0.29, 0.717) is 29.5 Å². The number of carbonyl (C=O) groups is 3. The summed E-state index contributed by atoms with van der Waals surface area (Å²) in [6.07, 6.45) is 2.23. The average molecular weight is 393 g/mol. The fraction of sp³-hybridized carbons (Fsp3) is 0.316. The fourth-order valence-electron chi connectivity index (χ4n) is 2.32. The van der Waals surface area contributed by atoms with Crippen LogP contribution in [0.1, 0.15) is 28.9 Å². The highest BCUT2D eigenvalue weighted by atomic mass is 35.5. The predicted octanol–water partition coefficient (Wildman–Crippen LogP) is 2.65. The van der Waals surface area contributed by atoms with Gasteiger partial charge in [0, 0.05) is 24.7 Å². The van der Waals surface area contributed by atoms with Crippen molar-refractivity contribution in [2.45, 2.75) is 19.8 Å². The van der Waals surface area contributed by atoms with Crippen LogP contribution in [0.5, 0.6) is 5.75 Å². The maximum atomic E-state index is 11.9. The predicted molar refractivity (Wildman–Crippen MR) is 99.8 cm³/mol. The number of carbonyl (C=O) groups excluding carboxylic acids is 3. The van der Waals surface area contributed by atoms with E-state index in [4.69, 9.17) is 21.1 Å². The van der Waals surface area contributed by atoms with Crippen LogP contribution < -0.4 is 10.1 Å². The zero-order valence-electron chi connectivity index (χ0n) is 15.2. The fourth-order valence-corrected chi connectivity index (χ4v) is 2.54. The van der Waals surface area contributed by atoms with E-state index in [1.165, 1.54) is 0 Å². The number of ether oxygens (including phenoxy) is 2. The van der Waals surface area contributed by atoms with Gasteiger partial charge in [0.2, 0.25) is 0 Å². The molecule has 1 aromatic heterocycles. The number of esters is 1. The molecule has 0 aliphatic carbocycles. The van der Waals surface area contributed by atoms with Crippen molar-refractivity contribution in [3.63, 3.8) is 0 Å². The van der Waals surface area contributed by atoms with E-state index in [2.05, 4.69) is 5.32 Å². The molecule has 0 aliphatic rings. The van der Waals surface area contributed by atoms with Gasteiger partial charge in [-0.25, -0.2) is 0 Å². The first-order valence-electron chi connectivity index (χ1n) is 8.37. The first-order chi connectivity index (χ1) is 12.9. The summed E-state index contributed by atoms with van der Waals surface area (Å²) in [7, 11) is 1.69. The van der Waals surface area contributed by atoms with Crippen molar-refractivity contribution >= 4 is 29.4 Å². The van der Waals surface area contributed by atoms with Crippen molar-refractivity contribution in [1.29, 1.82) is 0 Å². The van der Waals surface area contributed by atoms with Crippen LogP contribution in [-0.2, 0) is 21.4 Å². The molecule has 0 saturated heterocycles. The summed E-state index contributed by atoms with van der Waals surface area (Å²) >= 11 is 5.88. The Kier molecular flexibility index (Phi) is 7.43. The Balaban J connectivity index is 1.63. The van der Waals surface area contributed by atoms with Crippen molar-refractivity contribution in [1.82, 2.24) is 9.88 Å². The first kappa shape index (κ1) is 20.5. The number of aryl methyl sites for hydroxylation is 2. The van der Waals surface area contributed by atoms with Gasteiger partial charge in [0.15, 0.2) is 6.61 Å². The third-order valence-electron chi connectivity index (χ3n) is 3.71. The minimum absolute atomic E-state index is 0.103. The minimum Gasteiger partial charge on any atom is -0.493 e. The van der Waals surface area contributed by atoms with Crippen LogP contribution in [0.2, 0.25) is 5.02 Å². The van der Waals surface area contributed by atoms with Gasteiger partial charge < -0.3 is 14.0 Å². The lowest BCUT2D eigenvalue weighted by Gasteiger charge is -2.09. The molecule has 144 valence electrons. The first-order valence-corrected chi connectivity index (χ1v) is 8.74. The second-order valence-electron chi connectivity index (χ2n) is 5.90. The van der Waals surface area contributed by atoms with Crippen molar-refractivity contribution in [3.8, 4) is 5.75 Å². The van der Waals surface area contributed by atoms with Gasteiger partial charge >= 0.3 is 5.97 Å². The van der Waals surface area contributed by atoms with Crippen LogP contribution in [0.15, 0.2) is 36.5 Å². The summed E-state index contributed by atoms with van der Waals surface area (Å²) in [6, 6.07) is 8.56. The van der Waals surface area contributed by atoms with E-state index in [9.17, 15) is 14.4 Å². The number of hydrogen-bond donors (Lipinski definition) is 1. The zero-order chi connectivity index (χ0) is 19.8. The van der Waals surface area contributed by atoms with Crippen LogP contribution in [0.25, 0.3) is 0 Å². The lowest BCUT2D eigenvalue weighted by atomic mass is 10.2. The Morgan fingerprint density at radius 1 is 1.22 bits per heavy atom. The number of rotatable bonds is 8. The van der Waals surface area contributed by atoms with Crippen LogP contribution in [-0.4, -0.2) is 35.6 Å². The number of nitrogens with one attached hydrogen (secondary N) is 1. The van der Waals surface area contributed by atoms with Gasteiger partial charge in [-0.1, -0.05) is 11.6 Å². The van der Waals surface area contributed by atoms with E-state index >= 15 is 0 Å². The Labute approximate surface area is 162 Å². The highest BCUT2D eigenvalue weighted by molar-refractivity contribution is 6.30. The van der Waals surface area contributed by atoms with Gasteiger partial charge in [0.25, 0.3) is 11.8 Å². The molecule has 1 N–H and O–H groups in total. The molecule has 0 aliphatic heterocycles. The van der Waals surface area contributed by atoms with Crippen molar-refractivity contribution in [3.05, 3.63) is 52.8 Å². The third-order valence-corrected chi connectivity index (χ3v) is 3.95. The molecule has 2 rings (SSSR count). The van der Waals surface area contributed by atoms with Gasteiger partial charge in [0.1, 0.15) is 11.4 Å². The molecule has 2 amide bonds. The summed E-state index contributed by atoms with van der Waals surface area (Å²) in [5.74, 6) is -1.06. The van der Waals surface area contributed by atoms with Gasteiger partial charge in [-0.05, 0) is 49.2 Å². The van der Waals surface area contributed by atoms with E-state index < -0.39 is 24.4 Å². The monoisotopic (exact) mass is 392 g/mol. The van der Waals surface area contributed by atoms with Crippen LogP contribution in [0, 0.1) is 6.92 Å². The zero-order valence-corrected chi connectivity index (χ0v) is 15.9. The maximum absolute atomic E-state index is 11.9. The average Bonchev–Trinajstić information content (AvgIpc) is 3.04. The number of benzene rings is 1. The second-order valence-corrected chi connectivity index (χ2v) is 6.34. The summed E-state index contributed by atoms with van der Waals surface area (Å²) < 4.78 is 12.0. The van der Waals surface area contributed by atoms with Crippen LogP contribution in [0.3, 0.4) is 0 Å². The molecule has 0 spiro atoms. The van der Waals surface area contributed by atoms with Gasteiger partial charge in [-0.15, -0.1) is 0 Å². The summed E-state index contributed by atoms with van der Waals surface area (Å²) in [5, 5.41) is 2.80. The molecule has 27 heavy (non-hydrogen) atoms. The maximum Gasteiger partial charge on any atom is 0.306 e. The number of amides is 2. The highest BCUT2D eigenvalue weighted by Gasteiger charge is 2.14. The van der Waals surface area contributed by atoms with Crippen molar-refractivity contribution in [2.75, 3.05) is 13.2 Å². The summed E-state index contributed by atoms with van der Waals surface area (Å²) in [4.78, 5) is 35.2. The van der Waals surface area contributed by atoms with Gasteiger partial charge in [0.05, 0.1) is 6.61 Å². The largest absolute Gasteiger partial charge is 0.493 e. The Morgan fingerprint density at radius 2 is 2.00 bits per heavy atom. The SMILES string of the molecule is Cc1cc(Cl)ccc1OCCCC(=O)OCC(=O)NC(=O)c1cccn1C. The van der Waals surface area contributed by atoms with Crippen molar-refractivity contribution in [2.24, 2.45) is 7.05 Å². The smallest absolute Gasteiger partial charge is 0.306 e. The van der Waals surface area contributed by atoms with E-state index in [0.717, 1.165) is 5.56 Å². The molecule has 7 nitrogen and oxygen atoms in total. The molecule has 1 aromatic carbocycles. The van der Waals surface area contributed by atoms with Crippen LogP contribution >= 0.6 is 11.6 Å². The molecule has 2 aromatic rings. The number of hydrogen-bond acceptors (Lipinski definition) is 5. The van der Waals surface area contributed by atoms with E-state index in [1.54, 1.807) is 48.1 Å². The highest BCUT2D eigenvalue weighted by Crippen LogP contribution is 2.21.